The Morgan fingerprint density at radius 3 is 2.41 bits per heavy atom. The van der Waals surface area contributed by atoms with E-state index in [1.807, 2.05) is 54.6 Å². The highest BCUT2D eigenvalue weighted by atomic mass is 35.5. The smallest absolute Gasteiger partial charge is 0.344 e. The molecule has 0 atom stereocenters. The van der Waals surface area contributed by atoms with E-state index in [4.69, 9.17) is 21.1 Å². The quantitative estimate of drug-likeness (QED) is 0.356. The lowest BCUT2D eigenvalue weighted by Crippen LogP contribution is -2.12. The molecule has 1 heterocycles. The van der Waals surface area contributed by atoms with E-state index in [-0.39, 0.29) is 17.9 Å². The second-order valence-electron chi connectivity index (χ2n) is 7.29. The predicted octanol–water partition coefficient (Wildman–Crippen LogP) is 7.11. The molecule has 172 valence electrons. The van der Waals surface area contributed by atoms with Crippen LogP contribution in [0.5, 0.6) is 5.75 Å². The van der Waals surface area contributed by atoms with E-state index in [2.05, 4.69) is 4.99 Å². The maximum absolute atomic E-state index is 12.5. The molecule has 0 aromatic heterocycles. The van der Waals surface area contributed by atoms with Crippen LogP contribution < -0.4 is 4.74 Å². The van der Waals surface area contributed by atoms with Crippen molar-refractivity contribution < 1.29 is 19.4 Å². The van der Waals surface area contributed by atoms with Crippen LogP contribution in [0.3, 0.4) is 0 Å². The zero-order valence-corrected chi connectivity index (χ0v) is 20.0. The first-order valence-electron chi connectivity index (χ1n) is 10.6. The van der Waals surface area contributed by atoms with Crippen molar-refractivity contribution in [2.45, 2.75) is 13.5 Å². The van der Waals surface area contributed by atoms with E-state index >= 15 is 0 Å². The van der Waals surface area contributed by atoms with E-state index in [1.54, 1.807) is 37.3 Å². The summed E-state index contributed by atoms with van der Waals surface area (Å²) < 4.78 is 11.0. The van der Waals surface area contributed by atoms with Gasteiger partial charge in [0.1, 0.15) is 28.7 Å². The molecule has 4 rings (SSSR count). The minimum absolute atomic E-state index is 0.0517. The van der Waals surface area contributed by atoms with Gasteiger partial charge >= 0.3 is 5.97 Å². The zero-order chi connectivity index (χ0) is 23.9. The fourth-order valence-corrected chi connectivity index (χ4v) is 4.34. The Labute approximate surface area is 207 Å². The number of aliphatic hydroxyl groups excluding tert-OH is 1. The Hall–Kier alpha value is -3.48. The Bertz CT molecular complexity index is 1250. The number of rotatable bonds is 7. The summed E-state index contributed by atoms with van der Waals surface area (Å²) in [6, 6.07) is 24.4. The van der Waals surface area contributed by atoms with Gasteiger partial charge in [0.05, 0.1) is 17.2 Å². The van der Waals surface area contributed by atoms with Gasteiger partial charge in [-0.3, -0.25) is 0 Å². The minimum atomic E-state index is -0.617. The molecule has 1 aliphatic heterocycles. The Kier molecular flexibility index (Phi) is 7.72. The standard InChI is InChI=1S/C27H22ClNO4S/c1-2-32-27(31)24-25(30)23(34-26(24)29-21-12-10-20(28)11-13-21)16-18-8-14-22(15-9-18)33-17-19-6-4-3-5-7-19/h3-16,30H,2,17H2,1H3/b23-16+,29-26?. The Morgan fingerprint density at radius 1 is 1.03 bits per heavy atom. The fraction of sp³-hybridized carbons (Fsp3) is 0.111. The first-order chi connectivity index (χ1) is 16.5. The Balaban J connectivity index is 1.56. The molecule has 1 N–H and O–H groups in total. The third kappa shape index (κ3) is 5.90. The van der Waals surface area contributed by atoms with Crippen LogP contribution in [0, 0.1) is 0 Å². The largest absolute Gasteiger partial charge is 0.506 e. The van der Waals surface area contributed by atoms with E-state index in [9.17, 15) is 9.90 Å². The molecule has 0 aliphatic carbocycles. The summed E-state index contributed by atoms with van der Waals surface area (Å²) in [6.45, 7) is 2.39. The normalized spacial score (nSPS) is 15.7. The average molecular weight is 492 g/mol. The van der Waals surface area contributed by atoms with E-state index < -0.39 is 5.97 Å². The molecule has 0 saturated heterocycles. The van der Waals surface area contributed by atoms with Crippen LogP contribution in [0.15, 0.2) is 100 Å². The number of hydrogen-bond donors (Lipinski definition) is 1. The molecular formula is C27H22ClNO4S. The maximum atomic E-state index is 12.5. The van der Waals surface area contributed by atoms with Crippen LogP contribution in [-0.4, -0.2) is 22.7 Å². The van der Waals surface area contributed by atoms with Gasteiger partial charge in [-0.05, 0) is 60.5 Å². The van der Waals surface area contributed by atoms with E-state index in [0.29, 0.717) is 27.3 Å². The first-order valence-corrected chi connectivity index (χ1v) is 11.8. The third-order valence-electron chi connectivity index (χ3n) is 4.85. The van der Waals surface area contributed by atoms with Gasteiger partial charge < -0.3 is 14.6 Å². The SMILES string of the molecule is CCOC(=O)C1=C(O)/C(=C\c2ccc(OCc3ccccc3)cc2)SC1=Nc1ccc(Cl)cc1. The molecule has 5 nitrogen and oxygen atoms in total. The van der Waals surface area contributed by atoms with Gasteiger partial charge in [0.2, 0.25) is 0 Å². The summed E-state index contributed by atoms with van der Waals surface area (Å²) >= 11 is 7.16. The lowest BCUT2D eigenvalue weighted by atomic mass is 10.1. The maximum Gasteiger partial charge on any atom is 0.344 e. The number of aliphatic imine (C=N–C) groups is 1. The van der Waals surface area contributed by atoms with Crippen molar-refractivity contribution in [2.24, 2.45) is 4.99 Å². The number of thioether (sulfide) groups is 1. The number of aliphatic hydroxyl groups is 1. The van der Waals surface area contributed by atoms with Crippen LogP contribution in [0.2, 0.25) is 5.02 Å². The topological polar surface area (TPSA) is 68.1 Å². The lowest BCUT2D eigenvalue weighted by molar-refractivity contribution is -0.138. The molecule has 0 unspecified atom stereocenters. The van der Waals surface area contributed by atoms with Crippen molar-refractivity contribution in [1.29, 1.82) is 0 Å². The van der Waals surface area contributed by atoms with Crippen molar-refractivity contribution in [3.63, 3.8) is 0 Å². The zero-order valence-electron chi connectivity index (χ0n) is 18.4. The number of benzene rings is 3. The molecule has 1 aliphatic rings. The van der Waals surface area contributed by atoms with Crippen molar-refractivity contribution >= 4 is 46.1 Å². The first kappa shape index (κ1) is 23.7. The van der Waals surface area contributed by atoms with Crippen molar-refractivity contribution in [1.82, 2.24) is 0 Å². The molecule has 3 aromatic rings. The van der Waals surface area contributed by atoms with Crippen LogP contribution in [0.25, 0.3) is 6.08 Å². The summed E-state index contributed by atoms with van der Waals surface area (Å²) in [7, 11) is 0. The van der Waals surface area contributed by atoms with Crippen molar-refractivity contribution in [3.8, 4) is 5.75 Å². The fourth-order valence-electron chi connectivity index (χ4n) is 3.18. The van der Waals surface area contributed by atoms with Gasteiger partial charge in [-0.2, -0.15) is 0 Å². The number of esters is 1. The Morgan fingerprint density at radius 2 is 1.74 bits per heavy atom. The van der Waals surface area contributed by atoms with Gasteiger partial charge in [0.25, 0.3) is 0 Å². The monoisotopic (exact) mass is 491 g/mol. The van der Waals surface area contributed by atoms with Crippen molar-refractivity contribution in [2.75, 3.05) is 6.61 Å². The average Bonchev–Trinajstić information content (AvgIpc) is 3.15. The molecule has 0 fully saturated rings. The number of ether oxygens (including phenoxy) is 2. The molecular weight excluding hydrogens is 470 g/mol. The van der Waals surface area contributed by atoms with Gasteiger partial charge in [0.15, 0.2) is 0 Å². The highest BCUT2D eigenvalue weighted by Gasteiger charge is 2.33. The third-order valence-corrected chi connectivity index (χ3v) is 6.13. The molecule has 0 radical (unpaired) electrons. The molecule has 3 aromatic carbocycles. The van der Waals surface area contributed by atoms with E-state index in [1.165, 1.54) is 11.8 Å². The summed E-state index contributed by atoms with van der Waals surface area (Å²) in [5, 5.41) is 11.8. The highest BCUT2D eigenvalue weighted by molar-refractivity contribution is 8.18. The second-order valence-corrected chi connectivity index (χ2v) is 8.76. The number of hydrogen-bond acceptors (Lipinski definition) is 6. The van der Waals surface area contributed by atoms with Crippen LogP contribution >= 0.6 is 23.4 Å². The second kappa shape index (κ2) is 11.1. The molecule has 0 bridgehead atoms. The summed E-state index contributed by atoms with van der Waals surface area (Å²) in [5.74, 6) is -0.0316. The molecule has 0 amide bonds. The minimum Gasteiger partial charge on any atom is -0.506 e. The van der Waals surface area contributed by atoms with Crippen LogP contribution in [-0.2, 0) is 16.1 Å². The van der Waals surface area contributed by atoms with Crippen LogP contribution in [0.1, 0.15) is 18.1 Å². The number of carbonyl (C=O) groups excluding carboxylic acids is 1. The lowest BCUT2D eigenvalue weighted by Gasteiger charge is -2.06. The van der Waals surface area contributed by atoms with Gasteiger partial charge in [0, 0.05) is 5.02 Å². The summed E-state index contributed by atoms with van der Waals surface area (Å²) in [5.41, 5.74) is 2.60. The molecule has 0 saturated carbocycles. The predicted molar refractivity (Wildman–Crippen MR) is 138 cm³/mol. The number of nitrogens with zero attached hydrogens (tertiary/aromatic N) is 1. The van der Waals surface area contributed by atoms with Gasteiger partial charge in [-0.25, -0.2) is 9.79 Å². The molecule has 7 heteroatoms. The summed E-state index contributed by atoms with van der Waals surface area (Å²) in [4.78, 5) is 17.6. The van der Waals surface area contributed by atoms with Gasteiger partial charge in [-0.15, -0.1) is 0 Å². The van der Waals surface area contributed by atoms with E-state index in [0.717, 1.165) is 16.9 Å². The number of carbonyl (C=O) groups is 1. The van der Waals surface area contributed by atoms with Crippen molar-refractivity contribution in [3.05, 3.63) is 111 Å². The van der Waals surface area contributed by atoms with Crippen LogP contribution in [0.4, 0.5) is 5.69 Å². The molecule has 34 heavy (non-hydrogen) atoms. The molecule has 0 spiro atoms. The highest BCUT2D eigenvalue weighted by Crippen LogP contribution is 2.40. The number of halogens is 1. The van der Waals surface area contributed by atoms with Gasteiger partial charge in [-0.1, -0.05) is 65.8 Å². The summed E-state index contributed by atoms with van der Waals surface area (Å²) in [6.07, 6.45) is 1.80.